The van der Waals surface area contributed by atoms with Crippen LogP contribution in [0.4, 0.5) is 0 Å². The van der Waals surface area contributed by atoms with Crippen molar-refractivity contribution in [1.82, 2.24) is 0 Å². The molecule has 0 aromatic heterocycles. The van der Waals surface area contributed by atoms with Crippen molar-refractivity contribution in [2.75, 3.05) is 6.61 Å². The van der Waals surface area contributed by atoms with Gasteiger partial charge in [0.2, 0.25) is 0 Å². The highest BCUT2D eigenvalue weighted by Gasteiger charge is 2.12. The lowest BCUT2D eigenvalue weighted by atomic mass is 9.87. The van der Waals surface area contributed by atoms with Gasteiger partial charge >= 0.3 is 0 Å². The molecule has 82 valence electrons. The van der Waals surface area contributed by atoms with E-state index < -0.39 is 0 Å². The van der Waals surface area contributed by atoms with Crippen molar-refractivity contribution in [2.24, 2.45) is 0 Å². The monoisotopic (exact) mass is 204 g/mol. The third-order valence-corrected chi connectivity index (χ3v) is 2.31. The molecule has 0 aliphatic carbocycles. The lowest BCUT2D eigenvalue weighted by molar-refractivity contribution is 0.325. The Hall–Kier alpha value is -1.24. The zero-order valence-electron chi connectivity index (χ0n) is 9.92. The first kappa shape index (κ1) is 11.8. The summed E-state index contributed by atoms with van der Waals surface area (Å²) < 4.78 is 5.54. The summed E-state index contributed by atoms with van der Waals surface area (Å²) in [5.41, 5.74) is 1.54. The molecule has 1 aromatic carbocycles. The smallest absolute Gasteiger partial charge is 0.119 e. The van der Waals surface area contributed by atoms with Crippen molar-refractivity contribution in [3.8, 4) is 5.75 Å². The fourth-order valence-corrected chi connectivity index (χ4v) is 1.31. The first-order valence-corrected chi connectivity index (χ1v) is 5.38. The molecule has 0 saturated carbocycles. The minimum Gasteiger partial charge on any atom is -0.493 e. The topological polar surface area (TPSA) is 9.23 Å². The Balaban J connectivity index is 2.60. The zero-order valence-corrected chi connectivity index (χ0v) is 9.92. The van der Waals surface area contributed by atoms with Gasteiger partial charge in [0.05, 0.1) is 6.61 Å². The predicted molar refractivity (Wildman–Crippen MR) is 65.5 cm³/mol. The van der Waals surface area contributed by atoms with E-state index in [1.54, 1.807) is 0 Å². The second-order valence-corrected chi connectivity index (χ2v) is 4.70. The van der Waals surface area contributed by atoms with Crippen LogP contribution in [0.2, 0.25) is 0 Å². The summed E-state index contributed by atoms with van der Waals surface area (Å²) in [5.74, 6) is 0.935. The lowest BCUT2D eigenvalue weighted by Crippen LogP contribution is -2.10. The van der Waals surface area contributed by atoms with E-state index in [1.807, 2.05) is 18.2 Å². The number of rotatable bonds is 4. The van der Waals surface area contributed by atoms with E-state index >= 15 is 0 Å². The number of benzene rings is 1. The van der Waals surface area contributed by atoms with E-state index in [4.69, 9.17) is 4.74 Å². The summed E-state index contributed by atoms with van der Waals surface area (Å²) in [4.78, 5) is 0. The Kier molecular flexibility index (Phi) is 3.96. The Morgan fingerprint density at radius 2 is 1.80 bits per heavy atom. The molecular formula is C14H20O. The molecule has 0 amide bonds. The predicted octanol–water partition coefficient (Wildman–Crippen LogP) is 3.94. The average Bonchev–Trinajstić information content (AvgIpc) is 2.18. The molecule has 0 spiro atoms. The van der Waals surface area contributed by atoms with Gasteiger partial charge in [0.15, 0.2) is 0 Å². The van der Waals surface area contributed by atoms with Gasteiger partial charge in [-0.15, -0.1) is 6.58 Å². The molecule has 0 radical (unpaired) electrons. The van der Waals surface area contributed by atoms with Gasteiger partial charge in [-0.2, -0.15) is 0 Å². The van der Waals surface area contributed by atoms with Gasteiger partial charge in [-0.05, 0) is 29.5 Å². The van der Waals surface area contributed by atoms with Gasteiger partial charge in [0.25, 0.3) is 0 Å². The number of hydrogen-bond acceptors (Lipinski definition) is 1. The zero-order chi connectivity index (χ0) is 11.3. The SMILES string of the molecule is C=CCCOc1ccc(C(C)(C)C)cc1. The van der Waals surface area contributed by atoms with Crippen LogP contribution in [-0.4, -0.2) is 6.61 Å². The van der Waals surface area contributed by atoms with E-state index in [-0.39, 0.29) is 5.41 Å². The van der Waals surface area contributed by atoms with E-state index in [9.17, 15) is 0 Å². The van der Waals surface area contributed by atoms with Crippen LogP contribution in [0.3, 0.4) is 0 Å². The van der Waals surface area contributed by atoms with Gasteiger partial charge in [-0.25, -0.2) is 0 Å². The van der Waals surface area contributed by atoms with E-state index in [0.29, 0.717) is 6.61 Å². The molecule has 0 heterocycles. The molecular weight excluding hydrogens is 184 g/mol. The summed E-state index contributed by atoms with van der Waals surface area (Å²) in [6.07, 6.45) is 2.75. The van der Waals surface area contributed by atoms with Crippen LogP contribution in [0.1, 0.15) is 32.8 Å². The van der Waals surface area contributed by atoms with Crippen molar-refractivity contribution in [2.45, 2.75) is 32.6 Å². The highest BCUT2D eigenvalue weighted by molar-refractivity contribution is 5.31. The molecule has 0 aliphatic rings. The molecule has 0 bridgehead atoms. The second-order valence-electron chi connectivity index (χ2n) is 4.70. The van der Waals surface area contributed by atoms with Crippen molar-refractivity contribution in [3.05, 3.63) is 42.5 Å². The first-order chi connectivity index (χ1) is 7.04. The Morgan fingerprint density at radius 3 is 2.27 bits per heavy atom. The van der Waals surface area contributed by atoms with Gasteiger partial charge in [-0.1, -0.05) is 39.0 Å². The van der Waals surface area contributed by atoms with Crippen LogP contribution in [0.15, 0.2) is 36.9 Å². The van der Waals surface area contributed by atoms with Gasteiger partial charge in [-0.3, -0.25) is 0 Å². The molecule has 0 aliphatic heterocycles. The average molecular weight is 204 g/mol. The molecule has 0 unspecified atom stereocenters. The van der Waals surface area contributed by atoms with Gasteiger partial charge < -0.3 is 4.74 Å². The summed E-state index contributed by atoms with van der Waals surface area (Å²) in [6, 6.07) is 8.32. The molecule has 0 N–H and O–H groups in total. The van der Waals surface area contributed by atoms with Crippen molar-refractivity contribution >= 4 is 0 Å². The van der Waals surface area contributed by atoms with Crippen LogP contribution >= 0.6 is 0 Å². The molecule has 1 rings (SSSR count). The molecule has 15 heavy (non-hydrogen) atoms. The van der Waals surface area contributed by atoms with Crippen molar-refractivity contribution in [1.29, 1.82) is 0 Å². The maximum atomic E-state index is 5.54. The summed E-state index contributed by atoms with van der Waals surface area (Å²) in [6.45, 7) is 11.0. The normalized spacial score (nSPS) is 11.1. The van der Waals surface area contributed by atoms with Crippen molar-refractivity contribution < 1.29 is 4.74 Å². The number of hydrogen-bond donors (Lipinski definition) is 0. The minimum absolute atomic E-state index is 0.208. The fraction of sp³-hybridized carbons (Fsp3) is 0.429. The van der Waals surface area contributed by atoms with Crippen molar-refractivity contribution in [3.63, 3.8) is 0 Å². The highest BCUT2D eigenvalue weighted by Crippen LogP contribution is 2.24. The maximum Gasteiger partial charge on any atom is 0.119 e. The van der Waals surface area contributed by atoms with Crippen LogP contribution in [-0.2, 0) is 5.41 Å². The standard InChI is InChI=1S/C14H20O/c1-5-6-11-15-13-9-7-12(8-10-13)14(2,3)4/h5,7-10H,1,6,11H2,2-4H3. The Bertz CT molecular complexity index is 303. The Morgan fingerprint density at radius 1 is 1.20 bits per heavy atom. The summed E-state index contributed by atoms with van der Waals surface area (Å²) in [5, 5.41) is 0. The lowest BCUT2D eigenvalue weighted by Gasteiger charge is -2.19. The van der Waals surface area contributed by atoms with Crippen LogP contribution in [0.25, 0.3) is 0 Å². The van der Waals surface area contributed by atoms with Gasteiger partial charge in [0.1, 0.15) is 5.75 Å². The van der Waals surface area contributed by atoms with Crippen LogP contribution < -0.4 is 4.74 Å². The largest absolute Gasteiger partial charge is 0.493 e. The number of ether oxygens (including phenoxy) is 1. The third kappa shape index (κ3) is 3.78. The molecule has 1 aromatic rings. The first-order valence-electron chi connectivity index (χ1n) is 5.38. The summed E-state index contributed by atoms with van der Waals surface area (Å²) >= 11 is 0. The molecule has 1 nitrogen and oxygen atoms in total. The van der Waals surface area contributed by atoms with E-state index in [2.05, 4.69) is 39.5 Å². The second kappa shape index (κ2) is 5.01. The molecule has 0 fully saturated rings. The highest BCUT2D eigenvalue weighted by atomic mass is 16.5. The van der Waals surface area contributed by atoms with Crippen LogP contribution in [0.5, 0.6) is 5.75 Å². The summed E-state index contributed by atoms with van der Waals surface area (Å²) in [7, 11) is 0. The van der Waals surface area contributed by atoms with E-state index in [1.165, 1.54) is 5.56 Å². The van der Waals surface area contributed by atoms with Crippen LogP contribution in [0, 0.1) is 0 Å². The molecule has 0 saturated heterocycles. The van der Waals surface area contributed by atoms with Gasteiger partial charge in [0, 0.05) is 0 Å². The molecule has 0 atom stereocenters. The maximum absolute atomic E-state index is 5.54. The quantitative estimate of drug-likeness (QED) is 0.533. The fourth-order valence-electron chi connectivity index (χ4n) is 1.31. The third-order valence-electron chi connectivity index (χ3n) is 2.31. The Labute approximate surface area is 92.8 Å². The molecule has 1 heteroatoms. The van der Waals surface area contributed by atoms with E-state index in [0.717, 1.165) is 12.2 Å². The minimum atomic E-state index is 0.208.